The molecule has 1 aromatic heterocycles. The zero-order chi connectivity index (χ0) is 24.2. The monoisotopic (exact) mass is 465 g/mol. The van der Waals surface area contributed by atoms with E-state index in [1.807, 2.05) is 53.4 Å². The molecule has 0 radical (unpaired) electrons. The fourth-order valence-corrected chi connectivity index (χ4v) is 4.99. The first kappa shape index (κ1) is 22.9. The number of anilines is 1. The van der Waals surface area contributed by atoms with E-state index >= 15 is 0 Å². The molecule has 178 valence electrons. The van der Waals surface area contributed by atoms with Crippen LogP contribution in [0.1, 0.15) is 29.0 Å². The third-order valence-corrected chi connectivity index (χ3v) is 6.95. The molecule has 4 aromatic rings. The van der Waals surface area contributed by atoms with Crippen molar-refractivity contribution in [1.29, 1.82) is 0 Å². The number of amides is 1. The minimum absolute atomic E-state index is 0.0557. The van der Waals surface area contributed by atoms with Crippen molar-refractivity contribution in [2.24, 2.45) is 0 Å². The van der Waals surface area contributed by atoms with Crippen LogP contribution in [0.15, 0.2) is 84.9 Å². The molecule has 5 heteroatoms. The van der Waals surface area contributed by atoms with Gasteiger partial charge in [0.25, 0.3) is 0 Å². The lowest BCUT2D eigenvalue weighted by Crippen LogP contribution is -2.49. The molecule has 5 rings (SSSR count). The smallest absolute Gasteiger partial charge is 0.223 e. The fraction of sp³-hybridized carbons (Fsp3) is 0.267. The van der Waals surface area contributed by atoms with E-state index in [4.69, 9.17) is 9.72 Å². The molecule has 2 heterocycles. The quantitative estimate of drug-likeness (QED) is 0.381. The van der Waals surface area contributed by atoms with Crippen molar-refractivity contribution in [1.82, 2.24) is 9.88 Å². The summed E-state index contributed by atoms with van der Waals surface area (Å²) in [4.78, 5) is 22.6. The standard InChI is InChI=1S/C30H31N3O2/c1-22-20-28(31-30-25(22)14-9-15-27(30)35-2)32-16-18-33(19-17-32)29(34)21-26(23-10-5-3-6-11-23)24-12-7-4-8-13-24/h3-15,20,26H,16-19,21H2,1-2H3. The highest BCUT2D eigenvalue weighted by molar-refractivity contribution is 5.89. The molecule has 1 saturated heterocycles. The van der Waals surface area contributed by atoms with Gasteiger partial charge < -0.3 is 14.5 Å². The summed E-state index contributed by atoms with van der Waals surface area (Å²) < 4.78 is 5.55. The summed E-state index contributed by atoms with van der Waals surface area (Å²) in [5, 5.41) is 1.11. The number of aryl methyl sites for hydroxylation is 1. The Hall–Kier alpha value is -3.86. The summed E-state index contributed by atoms with van der Waals surface area (Å²) in [6.07, 6.45) is 0.471. The molecule has 0 aliphatic carbocycles. The van der Waals surface area contributed by atoms with Crippen LogP contribution in [0.3, 0.4) is 0 Å². The van der Waals surface area contributed by atoms with Crippen molar-refractivity contribution in [2.75, 3.05) is 38.2 Å². The van der Waals surface area contributed by atoms with Crippen LogP contribution in [0, 0.1) is 6.92 Å². The van der Waals surface area contributed by atoms with Crippen molar-refractivity contribution in [3.05, 3.63) is 102 Å². The van der Waals surface area contributed by atoms with Gasteiger partial charge in [-0.05, 0) is 35.7 Å². The number of fused-ring (bicyclic) bond motifs is 1. The Kier molecular flexibility index (Phi) is 6.66. The third-order valence-electron chi connectivity index (χ3n) is 6.95. The van der Waals surface area contributed by atoms with Crippen LogP contribution in [-0.4, -0.2) is 49.1 Å². The number of benzene rings is 3. The summed E-state index contributed by atoms with van der Waals surface area (Å²) >= 11 is 0. The lowest BCUT2D eigenvalue weighted by atomic mass is 9.88. The average molecular weight is 466 g/mol. The molecule has 1 amide bonds. The van der Waals surface area contributed by atoms with Crippen molar-refractivity contribution < 1.29 is 9.53 Å². The van der Waals surface area contributed by atoms with Gasteiger partial charge in [-0.3, -0.25) is 4.79 Å². The Labute approximate surface area is 207 Å². The first-order valence-corrected chi connectivity index (χ1v) is 12.2. The zero-order valence-corrected chi connectivity index (χ0v) is 20.4. The van der Waals surface area contributed by atoms with E-state index < -0.39 is 0 Å². The van der Waals surface area contributed by atoms with Gasteiger partial charge >= 0.3 is 0 Å². The van der Waals surface area contributed by atoms with Crippen LogP contribution < -0.4 is 9.64 Å². The molecule has 0 spiro atoms. The minimum atomic E-state index is 0.0557. The minimum Gasteiger partial charge on any atom is -0.494 e. The molecular formula is C30H31N3O2. The number of hydrogen-bond acceptors (Lipinski definition) is 4. The second-order valence-electron chi connectivity index (χ2n) is 9.10. The van der Waals surface area contributed by atoms with E-state index in [9.17, 15) is 4.79 Å². The van der Waals surface area contributed by atoms with Gasteiger partial charge in [0.15, 0.2) is 0 Å². The number of rotatable bonds is 6. The predicted octanol–water partition coefficient (Wildman–Crippen LogP) is 5.42. The largest absolute Gasteiger partial charge is 0.494 e. The molecule has 3 aromatic carbocycles. The third kappa shape index (κ3) is 4.85. The number of hydrogen-bond donors (Lipinski definition) is 0. The second kappa shape index (κ2) is 10.2. The maximum absolute atomic E-state index is 13.4. The molecular weight excluding hydrogens is 434 g/mol. The van der Waals surface area contributed by atoms with Crippen LogP contribution in [0.2, 0.25) is 0 Å². The Morgan fingerprint density at radius 1 is 0.886 bits per heavy atom. The molecule has 1 aliphatic rings. The molecule has 0 unspecified atom stereocenters. The number of piperazine rings is 1. The van der Waals surface area contributed by atoms with Crippen molar-refractivity contribution in [3.8, 4) is 5.75 Å². The summed E-state index contributed by atoms with van der Waals surface area (Å²) in [6.45, 7) is 5.03. The normalized spacial score (nSPS) is 13.9. The van der Waals surface area contributed by atoms with Gasteiger partial charge in [0.2, 0.25) is 5.91 Å². The van der Waals surface area contributed by atoms with Crippen LogP contribution in [0.4, 0.5) is 5.82 Å². The Balaban J connectivity index is 1.30. The van der Waals surface area contributed by atoms with Crippen LogP contribution in [0.5, 0.6) is 5.75 Å². The molecule has 0 bridgehead atoms. The number of methoxy groups -OCH3 is 1. The summed E-state index contributed by atoms with van der Waals surface area (Å²) in [5.41, 5.74) is 4.42. The van der Waals surface area contributed by atoms with Gasteiger partial charge in [-0.1, -0.05) is 72.8 Å². The first-order chi connectivity index (χ1) is 17.1. The topological polar surface area (TPSA) is 45.7 Å². The molecule has 35 heavy (non-hydrogen) atoms. The highest BCUT2D eigenvalue weighted by atomic mass is 16.5. The summed E-state index contributed by atoms with van der Waals surface area (Å²) in [6, 6.07) is 28.8. The molecule has 1 aliphatic heterocycles. The summed E-state index contributed by atoms with van der Waals surface area (Å²) in [7, 11) is 1.68. The average Bonchev–Trinajstić information content (AvgIpc) is 2.92. The first-order valence-electron chi connectivity index (χ1n) is 12.2. The number of aromatic nitrogens is 1. The van der Waals surface area contributed by atoms with Crippen molar-refractivity contribution in [2.45, 2.75) is 19.3 Å². The molecule has 0 N–H and O–H groups in total. The number of para-hydroxylation sites is 1. The highest BCUT2D eigenvalue weighted by Gasteiger charge is 2.26. The lowest BCUT2D eigenvalue weighted by molar-refractivity contribution is -0.131. The van der Waals surface area contributed by atoms with E-state index in [1.165, 1.54) is 16.7 Å². The predicted molar refractivity (Wildman–Crippen MR) is 141 cm³/mol. The Morgan fingerprint density at radius 2 is 1.51 bits per heavy atom. The number of carbonyl (C=O) groups is 1. The second-order valence-corrected chi connectivity index (χ2v) is 9.10. The van der Waals surface area contributed by atoms with Gasteiger partial charge in [-0.25, -0.2) is 4.98 Å². The molecule has 0 atom stereocenters. The molecule has 5 nitrogen and oxygen atoms in total. The van der Waals surface area contributed by atoms with Gasteiger partial charge in [0.05, 0.1) is 7.11 Å². The van der Waals surface area contributed by atoms with Crippen LogP contribution >= 0.6 is 0 Å². The van der Waals surface area contributed by atoms with E-state index in [0.29, 0.717) is 19.5 Å². The SMILES string of the molecule is COc1cccc2c(C)cc(N3CCN(C(=O)CC(c4ccccc4)c4ccccc4)CC3)nc12. The van der Waals surface area contributed by atoms with E-state index in [0.717, 1.165) is 35.6 Å². The van der Waals surface area contributed by atoms with E-state index in [2.05, 4.69) is 48.2 Å². The molecule has 1 fully saturated rings. The fourth-order valence-electron chi connectivity index (χ4n) is 4.99. The Bertz CT molecular complexity index is 1260. The van der Waals surface area contributed by atoms with Crippen molar-refractivity contribution in [3.63, 3.8) is 0 Å². The number of carbonyl (C=O) groups excluding carboxylic acids is 1. The zero-order valence-electron chi connectivity index (χ0n) is 20.4. The van der Waals surface area contributed by atoms with Gasteiger partial charge in [0, 0.05) is 43.9 Å². The van der Waals surface area contributed by atoms with Gasteiger partial charge in [0.1, 0.15) is 17.1 Å². The van der Waals surface area contributed by atoms with E-state index in [1.54, 1.807) is 7.11 Å². The number of ether oxygens (including phenoxy) is 1. The lowest BCUT2D eigenvalue weighted by Gasteiger charge is -2.36. The van der Waals surface area contributed by atoms with Crippen molar-refractivity contribution >= 4 is 22.6 Å². The maximum atomic E-state index is 13.4. The maximum Gasteiger partial charge on any atom is 0.223 e. The van der Waals surface area contributed by atoms with Crippen LogP contribution in [0.25, 0.3) is 10.9 Å². The molecule has 0 saturated carbocycles. The highest BCUT2D eigenvalue weighted by Crippen LogP contribution is 2.31. The summed E-state index contributed by atoms with van der Waals surface area (Å²) in [5.74, 6) is 1.99. The number of pyridine rings is 1. The number of nitrogens with zero attached hydrogens (tertiary/aromatic N) is 3. The van der Waals surface area contributed by atoms with Crippen LogP contribution in [-0.2, 0) is 4.79 Å². The van der Waals surface area contributed by atoms with E-state index in [-0.39, 0.29) is 11.8 Å². The van der Waals surface area contributed by atoms with Gasteiger partial charge in [-0.2, -0.15) is 0 Å². The Morgan fingerprint density at radius 3 is 2.11 bits per heavy atom. The van der Waals surface area contributed by atoms with Gasteiger partial charge in [-0.15, -0.1) is 0 Å².